The van der Waals surface area contributed by atoms with Gasteiger partial charge in [-0.3, -0.25) is 9.38 Å². The van der Waals surface area contributed by atoms with E-state index in [9.17, 15) is 9.90 Å². The van der Waals surface area contributed by atoms with Crippen molar-refractivity contribution >= 4 is 11.8 Å². The molecular weight excluding hydrogens is 352 g/mol. The maximum Gasteiger partial charge on any atom is 0.419 e. The second-order valence-corrected chi connectivity index (χ2v) is 8.04. The number of anilines is 1. The van der Waals surface area contributed by atoms with Gasteiger partial charge in [-0.2, -0.15) is 0 Å². The summed E-state index contributed by atoms with van der Waals surface area (Å²) in [5.74, 6) is 0.635. The van der Waals surface area contributed by atoms with Crippen molar-refractivity contribution in [2.24, 2.45) is 5.92 Å². The molecule has 3 saturated heterocycles. The van der Waals surface area contributed by atoms with Crippen molar-refractivity contribution in [3.05, 3.63) is 66.2 Å². The summed E-state index contributed by atoms with van der Waals surface area (Å²) in [6, 6.07) is 19.7. The molecule has 1 N–H and O–H groups in total. The lowest BCUT2D eigenvalue weighted by Gasteiger charge is -2.53. The minimum Gasteiger partial charge on any atom is -0.396 e. The molecule has 2 bridgehead atoms. The number of hydrogen-bond donors (Lipinski definition) is 1. The van der Waals surface area contributed by atoms with Crippen LogP contribution in [0, 0.1) is 5.92 Å². The fourth-order valence-electron chi connectivity index (χ4n) is 4.71. The number of nitrogens with zero attached hydrogens (tertiary/aromatic N) is 2. The van der Waals surface area contributed by atoms with Crippen molar-refractivity contribution in [3.8, 4) is 0 Å². The highest BCUT2D eigenvalue weighted by Gasteiger charge is 2.49. The molecule has 3 heterocycles. The van der Waals surface area contributed by atoms with Crippen LogP contribution in [-0.4, -0.2) is 48.2 Å². The Bertz CT molecular complexity index is 767. The number of hydrogen-bond acceptors (Lipinski definition) is 3. The number of carbonyl (C=O) groups excluding carboxylic acids is 1. The van der Waals surface area contributed by atoms with E-state index in [4.69, 9.17) is 4.74 Å². The van der Waals surface area contributed by atoms with Crippen LogP contribution in [0.3, 0.4) is 0 Å². The molecule has 0 spiro atoms. The minimum absolute atomic E-state index is 0.130. The van der Waals surface area contributed by atoms with Gasteiger partial charge in [-0.1, -0.05) is 48.5 Å². The largest absolute Gasteiger partial charge is 0.419 e. The minimum atomic E-state index is -0.303. The highest BCUT2D eigenvalue weighted by molar-refractivity contribution is 5.87. The zero-order chi connectivity index (χ0) is 19.4. The van der Waals surface area contributed by atoms with E-state index in [0.29, 0.717) is 23.5 Å². The third-order valence-corrected chi connectivity index (χ3v) is 6.37. The van der Waals surface area contributed by atoms with Crippen LogP contribution in [0.4, 0.5) is 10.5 Å². The van der Waals surface area contributed by atoms with Crippen LogP contribution in [0.5, 0.6) is 0 Å². The Morgan fingerprint density at radius 3 is 2.32 bits per heavy atom. The van der Waals surface area contributed by atoms with Crippen LogP contribution in [0.1, 0.15) is 24.8 Å². The first-order valence-corrected chi connectivity index (χ1v) is 10.2. The molecule has 0 unspecified atom stereocenters. The summed E-state index contributed by atoms with van der Waals surface area (Å²) in [6.07, 6.45) is 2.78. The lowest BCUT2D eigenvalue weighted by atomic mass is 9.84. The molecule has 3 fully saturated rings. The van der Waals surface area contributed by atoms with Crippen molar-refractivity contribution in [2.75, 3.05) is 31.1 Å². The molecular formula is C23H29N2O3+. The summed E-state index contributed by atoms with van der Waals surface area (Å²) in [4.78, 5) is 15.0. The molecule has 0 radical (unpaired) electrons. The molecule has 0 aliphatic carbocycles. The molecule has 3 aliphatic heterocycles. The number of fused-ring (bicyclic) bond motifs is 3. The number of piperidine rings is 3. The van der Waals surface area contributed by atoms with E-state index in [1.807, 2.05) is 60.7 Å². The number of rotatable bonds is 6. The molecule has 28 heavy (non-hydrogen) atoms. The van der Waals surface area contributed by atoms with Gasteiger partial charge in [-0.15, -0.1) is 0 Å². The molecule has 2 aromatic carbocycles. The Kier molecular flexibility index (Phi) is 5.64. The number of amides is 1. The molecule has 1 atom stereocenters. The van der Waals surface area contributed by atoms with E-state index >= 15 is 0 Å². The number of benzene rings is 2. The summed E-state index contributed by atoms with van der Waals surface area (Å²) in [5.41, 5.74) is 1.90. The zero-order valence-electron chi connectivity index (χ0n) is 16.2. The first kappa shape index (κ1) is 19.0. The normalized spacial score (nSPS) is 26.0. The van der Waals surface area contributed by atoms with Gasteiger partial charge in [0, 0.05) is 24.9 Å². The summed E-state index contributed by atoms with van der Waals surface area (Å²) < 4.78 is 6.83. The molecule has 2 aromatic rings. The molecule has 5 heteroatoms. The molecule has 3 aliphatic rings. The van der Waals surface area contributed by atoms with Crippen LogP contribution < -0.4 is 4.90 Å². The summed E-state index contributed by atoms with van der Waals surface area (Å²) in [7, 11) is 0. The van der Waals surface area contributed by atoms with Crippen LogP contribution >= 0.6 is 0 Å². The predicted octanol–water partition coefficient (Wildman–Crippen LogP) is 3.78. The van der Waals surface area contributed by atoms with E-state index in [1.165, 1.54) is 12.8 Å². The van der Waals surface area contributed by atoms with Crippen molar-refractivity contribution in [1.29, 1.82) is 0 Å². The molecule has 5 rings (SSSR count). The Morgan fingerprint density at radius 1 is 1.04 bits per heavy atom. The number of aliphatic hydroxyl groups excluding tert-OH is 1. The van der Waals surface area contributed by atoms with Crippen LogP contribution in [0.15, 0.2) is 60.7 Å². The number of ether oxygens (including phenoxy) is 1. The number of quaternary nitrogens is 1. The van der Waals surface area contributed by atoms with Gasteiger partial charge in [0.1, 0.15) is 6.54 Å². The maximum atomic E-state index is 13.3. The van der Waals surface area contributed by atoms with Crippen molar-refractivity contribution < 1.29 is 19.1 Å². The van der Waals surface area contributed by atoms with Gasteiger partial charge in [0.2, 0.25) is 6.23 Å². The second kappa shape index (κ2) is 8.33. The van der Waals surface area contributed by atoms with Crippen LogP contribution in [0.2, 0.25) is 0 Å². The summed E-state index contributed by atoms with van der Waals surface area (Å²) in [5, 5.41) is 9.60. The van der Waals surface area contributed by atoms with Gasteiger partial charge < -0.3 is 9.84 Å². The zero-order valence-corrected chi connectivity index (χ0v) is 16.2. The third kappa shape index (κ3) is 3.91. The van der Waals surface area contributed by atoms with E-state index in [2.05, 4.69) is 0 Å². The Labute approximate surface area is 166 Å². The van der Waals surface area contributed by atoms with E-state index in [-0.39, 0.29) is 18.9 Å². The van der Waals surface area contributed by atoms with Gasteiger partial charge in [0.25, 0.3) is 0 Å². The Morgan fingerprint density at radius 2 is 1.68 bits per heavy atom. The van der Waals surface area contributed by atoms with Crippen molar-refractivity contribution in [2.45, 2.75) is 32.0 Å². The molecule has 148 valence electrons. The van der Waals surface area contributed by atoms with Crippen LogP contribution in [-0.2, 0) is 11.3 Å². The Balaban J connectivity index is 1.55. The lowest BCUT2D eigenvalue weighted by molar-refractivity contribution is -0.984. The SMILES string of the molecule is O=C(O[C@@H]1CC2CC[N+]1(CCO)CC2)N(Cc1ccccc1)c1ccccc1. The Hall–Kier alpha value is -2.37. The van der Waals surface area contributed by atoms with E-state index in [0.717, 1.165) is 30.8 Å². The molecule has 5 nitrogen and oxygen atoms in total. The fraction of sp³-hybridized carbons (Fsp3) is 0.435. The quantitative estimate of drug-likeness (QED) is 0.775. The molecule has 0 aromatic heterocycles. The number of para-hydroxylation sites is 1. The number of aliphatic hydroxyl groups is 1. The summed E-state index contributed by atoms with van der Waals surface area (Å²) in [6.45, 7) is 3.25. The van der Waals surface area contributed by atoms with Gasteiger partial charge in [0.15, 0.2) is 0 Å². The van der Waals surface area contributed by atoms with E-state index in [1.54, 1.807) is 4.90 Å². The predicted molar refractivity (Wildman–Crippen MR) is 109 cm³/mol. The molecule has 0 saturated carbocycles. The standard InChI is InChI=1S/C23H29N2O3/c26-16-15-25-13-11-19(12-14-25)17-22(25)28-23(27)24(21-9-5-2-6-10-21)18-20-7-3-1-4-8-20/h1-10,19,22,26H,11-18H2/q+1/t19?,22-,25?/m1/s1. The van der Waals surface area contributed by atoms with Crippen molar-refractivity contribution in [3.63, 3.8) is 0 Å². The van der Waals surface area contributed by atoms with Crippen molar-refractivity contribution in [1.82, 2.24) is 0 Å². The average molecular weight is 381 g/mol. The first-order valence-electron chi connectivity index (χ1n) is 10.2. The first-order chi connectivity index (χ1) is 13.7. The van der Waals surface area contributed by atoms with Gasteiger partial charge in [-0.05, 0) is 23.6 Å². The smallest absolute Gasteiger partial charge is 0.396 e. The monoisotopic (exact) mass is 381 g/mol. The number of carbonyl (C=O) groups is 1. The highest BCUT2D eigenvalue weighted by atomic mass is 16.6. The topological polar surface area (TPSA) is 49.8 Å². The fourth-order valence-corrected chi connectivity index (χ4v) is 4.71. The molecule has 1 amide bonds. The van der Waals surface area contributed by atoms with Gasteiger partial charge in [-0.25, -0.2) is 4.79 Å². The third-order valence-electron chi connectivity index (χ3n) is 6.37. The summed E-state index contributed by atoms with van der Waals surface area (Å²) >= 11 is 0. The second-order valence-electron chi connectivity index (χ2n) is 8.04. The van der Waals surface area contributed by atoms with E-state index < -0.39 is 0 Å². The maximum absolute atomic E-state index is 13.3. The van der Waals surface area contributed by atoms with Crippen LogP contribution in [0.25, 0.3) is 0 Å². The average Bonchev–Trinajstić information content (AvgIpc) is 2.74. The highest BCUT2D eigenvalue weighted by Crippen LogP contribution is 2.39. The lowest BCUT2D eigenvalue weighted by Crippen LogP contribution is -2.66. The van der Waals surface area contributed by atoms with Gasteiger partial charge in [0.05, 0.1) is 26.2 Å². The van der Waals surface area contributed by atoms with Gasteiger partial charge >= 0.3 is 6.09 Å².